The maximum atomic E-state index is 11.9. The number of halogens is 3. The Bertz CT molecular complexity index is 199. The van der Waals surface area contributed by atoms with Crippen LogP contribution in [0.3, 0.4) is 0 Å². The minimum atomic E-state index is -4.02. The average Bonchev–Trinajstić information content (AvgIpc) is 2.20. The summed E-state index contributed by atoms with van der Waals surface area (Å²) in [5.41, 5.74) is 5.75. The van der Waals surface area contributed by atoms with E-state index in [4.69, 9.17) is 10.5 Å². The van der Waals surface area contributed by atoms with Crippen molar-refractivity contribution in [2.45, 2.75) is 25.4 Å². The Morgan fingerprint density at radius 1 is 1.16 bits per heavy atom. The molecule has 1 rings (SSSR count). The zero-order chi connectivity index (χ0) is 13.2. The number of rotatable bonds is 0. The van der Waals surface area contributed by atoms with Gasteiger partial charge in [-0.15, -0.1) is 0 Å². The monoisotopic (exact) mass is 471 g/mol. The van der Waals surface area contributed by atoms with Gasteiger partial charge >= 0.3 is 6.18 Å². The number of nitroso groups, excluding NO2 is 1. The number of hydrogen-bond acceptors (Lipinski definition) is 1. The third kappa shape index (κ3) is 23.7. The van der Waals surface area contributed by atoms with Crippen LogP contribution in [0.4, 0.5) is 13.2 Å². The second kappa shape index (κ2) is 18.2. The van der Waals surface area contributed by atoms with Gasteiger partial charge in [0, 0.05) is 41.1 Å². The Morgan fingerprint density at radius 3 is 1.68 bits per heavy atom. The molecule has 7 heteroatoms. The van der Waals surface area contributed by atoms with Gasteiger partial charge in [0.15, 0.2) is 0 Å². The molecule has 0 aromatic rings. The van der Waals surface area contributed by atoms with Crippen molar-refractivity contribution >= 4 is 7.92 Å². The topological polar surface area (TPSA) is 39.4 Å². The molecule has 0 bridgehead atoms. The SMILES string of the molecule is C[PH+](C)C.FC(F)(F)[C@@H]1C=CCCC1.[CH3-].[CH3-].[N-]=O.[W]. The first kappa shape index (κ1) is 31.6. The van der Waals surface area contributed by atoms with Crippen molar-refractivity contribution in [1.29, 1.82) is 0 Å². The van der Waals surface area contributed by atoms with E-state index in [1.54, 1.807) is 6.08 Å². The molecule has 1 aliphatic rings. The van der Waals surface area contributed by atoms with Crippen LogP contribution in [0.1, 0.15) is 19.3 Å². The molecule has 2 nitrogen and oxygen atoms in total. The summed E-state index contributed by atoms with van der Waals surface area (Å²) < 4.78 is 35.7. The van der Waals surface area contributed by atoms with Crippen LogP contribution in [-0.4, -0.2) is 26.2 Å². The first-order chi connectivity index (χ1) is 7.34. The summed E-state index contributed by atoms with van der Waals surface area (Å²) >= 11 is 0. The van der Waals surface area contributed by atoms with Crippen molar-refractivity contribution in [3.63, 3.8) is 0 Å². The van der Waals surface area contributed by atoms with Gasteiger partial charge in [0.1, 0.15) is 0 Å². The van der Waals surface area contributed by atoms with Gasteiger partial charge in [-0.05, 0) is 27.2 Å². The molecule has 1 atom stereocenters. The summed E-state index contributed by atoms with van der Waals surface area (Å²) in [4.78, 5) is 7.25. The maximum absolute atomic E-state index is 11.9. The second-order valence-corrected chi connectivity index (χ2v) is 7.01. The predicted octanol–water partition coefficient (Wildman–Crippen LogP) is 5.22. The van der Waals surface area contributed by atoms with E-state index in [2.05, 4.69) is 20.0 Å². The quantitative estimate of drug-likeness (QED) is 0.272. The van der Waals surface area contributed by atoms with Gasteiger partial charge in [0.05, 0.1) is 5.92 Å². The van der Waals surface area contributed by atoms with E-state index in [1.807, 2.05) is 0 Å². The van der Waals surface area contributed by atoms with E-state index < -0.39 is 12.1 Å². The molecule has 0 amide bonds. The molecular weight excluding hydrogens is 446 g/mol. The summed E-state index contributed by atoms with van der Waals surface area (Å²) in [5, 5.41) is 0. The van der Waals surface area contributed by atoms with E-state index in [0.29, 0.717) is 6.42 Å². The van der Waals surface area contributed by atoms with Crippen LogP contribution in [0.15, 0.2) is 12.2 Å². The summed E-state index contributed by atoms with van der Waals surface area (Å²) in [6, 6.07) is 0. The molecule has 0 radical (unpaired) electrons. The van der Waals surface area contributed by atoms with Gasteiger partial charge in [0.2, 0.25) is 0 Å². The molecular formula is C12H25F3NOPW-2. The Balaban J connectivity index is -0.0000000639. The first-order valence-corrected chi connectivity index (χ1v) is 8.02. The van der Waals surface area contributed by atoms with Crippen molar-refractivity contribution in [2.75, 3.05) is 20.0 Å². The fraction of sp³-hybridized carbons (Fsp3) is 0.667. The Kier molecular flexibility index (Phi) is 30.3. The second-order valence-electron chi connectivity index (χ2n) is 4.01. The van der Waals surface area contributed by atoms with Gasteiger partial charge in [0.25, 0.3) is 0 Å². The fourth-order valence-corrected chi connectivity index (χ4v) is 1.09. The fourth-order valence-electron chi connectivity index (χ4n) is 1.09. The smallest absolute Gasteiger partial charge is 0.395 e. The zero-order valence-electron chi connectivity index (χ0n) is 12.3. The maximum Gasteiger partial charge on any atom is 0.395 e. The zero-order valence-corrected chi connectivity index (χ0v) is 16.2. The van der Waals surface area contributed by atoms with E-state index in [-0.39, 0.29) is 50.3 Å². The molecule has 0 fully saturated rings. The Hall–Kier alpha value is 0.248. The van der Waals surface area contributed by atoms with E-state index >= 15 is 0 Å². The van der Waals surface area contributed by atoms with Crippen molar-refractivity contribution < 1.29 is 34.2 Å². The van der Waals surface area contributed by atoms with Crippen LogP contribution in [0.5, 0.6) is 0 Å². The number of alkyl halides is 3. The van der Waals surface area contributed by atoms with Gasteiger partial charge < -0.3 is 25.4 Å². The Morgan fingerprint density at radius 2 is 1.53 bits per heavy atom. The Labute approximate surface area is 131 Å². The first-order valence-electron chi connectivity index (χ1n) is 5.02. The van der Waals surface area contributed by atoms with Gasteiger partial charge in [-0.25, -0.2) is 0 Å². The molecule has 1 aliphatic carbocycles. The molecule has 0 aromatic heterocycles. The predicted molar refractivity (Wildman–Crippen MR) is 78.2 cm³/mol. The molecule has 0 saturated heterocycles. The number of allylic oxidation sites excluding steroid dienone is 2. The van der Waals surface area contributed by atoms with E-state index in [9.17, 15) is 13.2 Å². The molecule has 118 valence electrons. The van der Waals surface area contributed by atoms with E-state index in [1.165, 1.54) is 6.08 Å². The molecule has 0 unspecified atom stereocenters. The van der Waals surface area contributed by atoms with Crippen molar-refractivity contribution in [3.8, 4) is 0 Å². The molecule has 0 spiro atoms. The van der Waals surface area contributed by atoms with Crippen LogP contribution in [0, 0.1) is 25.7 Å². The van der Waals surface area contributed by atoms with Crippen LogP contribution < -0.4 is 0 Å². The van der Waals surface area contributed by atoms with Crippen LogP contribution >= 0.6 is 7.92 Å². The normalized spacial score (nSPS) is 16.3. The van der Waals surface area contributed by atoms with Crippen LogP contribution in [0.2, 0.25) is 0 Å². The molecule has 0 aromatic carbocycles. The van der Waals surface area contributed by atoms with Crippen molar-refractivity contribution in [2.24, 2.45) is 5.92 Å². The third-order valence-electron chi connectivity index (χ3n) is 1.67. The summed E-state index contributed by atoms with van der Waals surface area (Å²) in [6.07, 6.45) is 0.593. The largest absolute Gasteiger partial charge is 0.577 e. The summed E-state index contributed by atoms with van der Waals surface area (Å²) in [6.45, 7) is 6.81. The number of nitrogens with zero attached hydrogens (tertiary/aromatic N) is 1. The number of hydrogen-bond donors (Lipinski definition) is 0. The summed E-state index contributed by atoms with van der Waals surface area (Å²) in [7, 11) is 0.120. The van der Waals surface area contributed by atoms with E-state index in [0.717, 1.165) is 6.42 Å². The van der Waals surface area contributed by atoms with Crippen LogP contribution in [0.25, 0.3) is 5.59 Å². The molecule has 0 aliphatic heterocycles. The van der Waals surface area contributed by atoms with Crippen molar-refractivity contribution in [1.82, 2.24) is 0 Å². The van der Waals surface area contributed by atoms with Gasteiger partial charge in [-0.3, -0.25) is 0 Å². The summed E-state index contributed by atoms with van der Waals surface area (Å²) in [5.74, 6) is -1.18. The van der Waals surface area contributed by atoms with Crippen LogP contribution in [-0.2, 0) is 21.1 Å². The van der Waals surface area contributed by atoms with Gasteiger partial charge in [-0.2, -0.15) is 13.2 Å². The van der Waals surface area contributed by atoms with Gasteiger partial charge in [-0.1, -0.05) is 12.2 Å². The molecule has 19 heavy (non-hydrogen) atoms. The molecule has 0 N–H and O–H groups in total. The minimum absolute atomic E-state index is 0. The third-order valence-corrected chi connectivity index (χ3v) is 1.67. The molecule has 0 heterocycles. The molecule has 0 saturated carbocycles. The minimum Gasteiger partial charge on any atom is -0.577 e. The standard InChI is InChI=1S/C7H9F3.C3H9P.2CH3.NO.W/c8-7(9,10)6-4-2-1-3-5-6;1-4(2)3;;;1-2;/h2,4,6H,1,3,5H2;1-3H3;2*1H3;;/q;;3*-1;/p+1/t6-;;;;;/m1...../s1. The average molecular weight is 471 g/mol. The van der Waals surface area contributed by atoms with Crippen molar-refractivity contribution in [3.05, 3.63) is 37.5 Å².